The fourth-order valence-electron chi connectivity index (χ4n) is 12.9. The van der Waals surface area contributed by atoms with Gasteiger partial charge in [-0.1, -0.05) is 164 Å². The van der Waals surface area contributed by atoms with Crippen molar-refractivity contribution in [3.63, 3.8) is 0 Å². The van der Waals surface area contributed by atoms with Crippen molar-refractivity contribution < 1.29 is 4.42 Å². The Morgan fingerprint density at radius 2 is 1.04 bits per heavy atom. The van der Waals surface area contributed by atoms with E-state index in [-0.39, 0.29) is 39.3 Å². The third kappa shape index (κ3) is 6.53. The lowest BCUT2D eigenvalue weighted by molar-refractivity contribution is 0.195. The van der Waals surface area contributed by atoms with Crippen molar-refractivity contribution in [3.05, 3.63) is 149 Å². The van der Waals surface area contributed by atoms with Crippen LogP contribution in [0.1, 0.15) is 150 Å². The van der Waals surface area contributed by atoms with E-state index in [1.165, 1.54) is 102 Å². The monoisotopic (exact) mass is 940 g/mol. The first kappa shape index (κ1) is 45.4. The molecule has 0 saturated heterocycles. The van der Waals surface area contributed by atoms with E-state index in [2.05, 4.69) is 233 Å². The van der Waals surface area contributed by atoms with Crippen LogP contribution >= 0.6 is 11.3 Å². The van der Waals surface area contributed by atoms with Crippen LogP contribution in [0.3, 0.4) is 0 Å². The predicted octanol–water partition coefficient (Wildman–Crippen LogP) is 16.7. The summed E-state index contributed by atoms with van der Waals surface area (Å²) in [6.45, 7) is 32.8. The van der Waals surface area contributed by atoms with Gasteiger partial charge in [0.25, 0.3) is 6.71 Å². The van der Waals surface area contributed by atoms with Crippen molar-refractivity contribution in [2.45, 2.75) is 155 Å². The predicted molar refractivity (Wildman–Crippen MR) is 303 cm³/mol. The Balaban J connectivity index is 1.23. The Bertz CT molecular complexity index is 3420. The smallest absolute Gasteiger partial charge is 0.298 e. The van der Waals surface area contributed by atoms with Gasteiger partial charge in [0, 0.05) is 49.6 Å². The number of nitrogens with zero attached hydrogens (tertiary/aromatic N) is 3. The topological polar surface area (TPSA) is 22.9 Å². The number of hydrogen-bond donors (Lipinski definition) is 0. The normalized spacial score (nSPS) is 19.9. The number of para-hydroxylation sites is 1. The van der Waals surface area contributed by atoms with Crippen molar-refractivity contribution in [2.24, 2.45) is 0 Å². The molecule has 0 spiro atoms. The zero-order chi connectivity index (χ0) is 49.2. The molecule has 1 saturated carbocycles. The summed E-state index contributed by atoms with van der Waals surface area (Å²) in [6.07, 6.45) is 4.78. The van der Waals surface area contributed by atoms with Gasteiger partial charge in [-0.05, 0) is 146 Å². The first-order valence-electron chi connectivity index (χ1n) is 26.0. The lowest BCUT2D eigenvalue weighted by atomic mass is 9.35. The number of furan rings is 1. The average molecular weight is 940 g/mol. The van der Waals surface area contributed by atoms with Crippen molar-refractivity contribution in [2.75, 3.05) is 14.7 Å². The third-order valence-corrected chi connectivity index (χ3v) is 18.4. The molecule has 4 aliphatic rings. The van der Waals surface area contributed by atoms with Gasteiger partial charge in [0.15, 0.2) is 0 Å². The van der Waals surface area contributed by atoms with Crippen molar-refractivity contribution in [3.8, 4) is 0 Å². The highest BCUT2D eigenvalue weighted by molar-refractivity contribution is 7.26. The number of hydrogen-bond acceptors (Lipinski definition) is 5. The average Bonchev–Trinajstić information content (AvgIpc) is 3.93. The van der Waals surface area contributed by atoms with Crippen LogP contribution in [0.25, 0.3) is 21.1 Å². The second-order valence-corrected chi connectivity index (χ2v) is 26.8. The number of rotatable bonds is 3. The van der Waals surface area contributed by atoms with E-state index >= 15 is 0 Å². The van der Waals surface area contributed by atoms with Crippen molar-refractivity contribution >= 4 is 101 Å². The molecule has 1 aliphatic carbocycles. The van der Waals surface area contributed by atoms with Gasteiger partial charge >= 0.3 is 0 Å². The highest BCUT2D eigenvalue weighted by atomic mass is 32.1. The number of thiophene rings is 1. The van der Waals surface area contributed by atoms with Gasteiger partial charge in [-0.2, -0.15) is 0 Å². The number of benzene rings is 6. The van der Waals surface area contributed by atoms with Gasteiger partial charge in [-0.15, -0.1) is 11.3 Å². The molecule has 6 aromatic carbocycles. The van der Waals surface area contributed by atoms with E-state index in [0.29, 0.717) is 0 Å². The van der Waals surface area contributed by atoms with Crippen molar-refractivity contribution in [1.82, 2.24) is 0 Å². The Morgan fingerprint density at radius 1 is 0.514 bits per heavy atom. The maximum atomic E-state index is 7.56. The molecule has 0 bridgehead atoms. The van der Waals surface area contributed by atoms with Crippen LogP contribution in [0, 0.1) is 0 Å². The molecule has 70 heavy (non-hydrogen) atoms. The lowest BCUT2D eigenvalue weighted by Gasteiger charge is -2.51. The summed E-state index contributed by atoms with van der Waals surface area (Å²) in [5, 5.41) is 3.72. The van der Waals surface area contributed by atoms with Crippen LogP contribution < -0.4 is 31.3 Å². The summed E-state index contributed by atoms with van der Waals surface area (Å²) in [6, 6.07) is 47.7. The molecule has 2 atom stereocenters. The summed E-state index contributed by atoms with van der Waals surface area (Å²) < 4.78 is 8.88. The van der Waals surface area contributed by atoms with Crippen LogP contribution in [0.2, 0.25) is 0 Å². The molecule has 2 unspecified atom stereocenters. The van der Waals surface area contributed by atoms with Crippen LogP contribution in [-0.4, -0.2) is 12.3 Å². The molecule has 4 nitrogen and oxygen atoms in total. The zero-order valence-electron chi connectivity index (χ0n) is 44.1. The van der Waals surface area contributed by atoms with E-state index in [4.69, 9.17) is 4.42 Å². The summed E-state index contributed by atoms with van der Waals surface area (Å²) in [7, 11) is 0. The second-order valence-electron chi connectivity index (χ2n) is 25.8. The molecule has 356 valence electrons. The molecule has 0 amide bonds. The van der Waals surface area contributed by atoms with E-state index in [0.717, 1.165) is 34.4 Å². The van der Waals surface area contributed by atoms with Gasteiger partial charge in [-0.25, -0.2) is 0 Å². The van der Waals surface area contributed by atoms with E-state index in [1.54, 1.807) is 0 Å². The van der Waals surface area contributed by atoms with Crippen LogP contribution in [0.15, 0.2) is 126 Å². The maximum absolute atomic E-state index is 7.56. The van der Waals surface area contributed by atoms with E-state index in [1.807, 2.05) is 11.3 Å². The molecule has 12 rings (SSSR count). The lowest BCUT2D eigenvalue weighted by Crippen LogP contribution is -2.60. The van der Waals surface area contributed by atoms with Crippen LogP contribution in [-0.2, 0) is 27.1 Å². The van der Waals surface area contributed by atoms with Gasteiger partial charge in [0.2, 0.25) is 0 Å². The molecule has 0 N–H and O–H groups in total. The summed E-state index contributed by atoms with van der Waals surface area (Å²) in [4.78, 5) is 8.01. The van der Waals surface area contributed by atoms with Gasteiger partial charge < -0.3 is 19.1 Å². The van der Waals surface area contributed by atoms with Crippen LogP contribution in [0.4, 0.5) is 44.8 Å². The molecular weight excluding hydrogens is 870 g/mol. The number of fused-ring (bicyclic) bond motifs is 11. The van der Waals surface area contributed by atoms with Crippen LogP contribution in [0.5, 0.6) is 0 Å². The molecule has 1 fully saturated rings. The maximum Gasteiger partial charge on any atom is 0.298 e. The van der Waals surface area contributed by atoms with Crippen molar-refractivity contribution in [1.29, 1.82) is 0 Å². The highest BCUT2D eigenvalue weighted by Gasteiger charge is 2.58. The van der Waals surface area contributed by atoms with Gasteiger partial charge in [0.1, 0.15) is 5.58 Å². The molecular formula is C64H70BN3OS. The first-order valence-corrected chi connectivity index (χ1v) is 26.8. The number of anilines is 8. The van der Waals surface area contributed by atoms with E-state index in [9.17, 15) is 0 Å². The standard InChI is InChI=1S/C64H70BN3OS/c1-59(2,3)39-21-27-43(28-22-39)66-50-37-45(68-49-20-16-15-19-48(49)63(13)33-17-18-34-64(63,68)14)38-51-55(50)65(57-56(66)46-31-25-41(61(7,8)9)35-52(46)69-57)54-47-32-26-42(62(10,11)12)36-53(47)70-58(54)67(51)44-29-23-40(24-30-44)60(4,5)6/h15-16,19-32,35-38H,17-18,33-34H2,1-14H3. The molecule has 5 heterocycles. The Labute approximate surface area is 421 Å². The summed E-state index contributed by atoms with van der Waals surface area (Å²) in [5.74, 6) is 0. The van der Waals surface area contributed by atoms with Gasteiger partial charge in [0.05, 0.1) is 21.9 Å². The van der Waals surface area contributed by atoms with E-state index < -0.39 is 0 Å². The molecule has 3 aliphatic heterocycles. The minimum absolute atomic E-state index is 0.00452. The fourth-order valence-corrected chi connectivity index (χ4v) is 14.2. The SMILES string of the molecule is CC(C)(C)c1ccc(N2c3cc(N4c5ccccc5C5(C)CCCCC45C)cc4c3B(c3oc5cc(C(C)(C)C)ccc5c3N4c3ccc(C(C)(C)C)cc3)c3c2sc2cc(C(C)(C)C)ccc32)cc1. The fraction of sp³-hybridized carbons (Fsp3) is 0.375. The zero-order valence-corrected chi connectivity index (χ0v) is 44.9. The second kappa shape index (κ2) is 14.9. The summed E-state index contributed by atoms with van der Waals surface area (Å²) >= 11 is 1.94. The largest absolute Gasteiger partial charge is 0.468 e. The molecule has 0 radical (unpaired) electrons. The minimum Gasteiger partial charge on any atom is -0.468 e. The third-order valence-electron chi connectivity index (χ3n) is 17.3. The highest BCUT2D eigenvalue weighted by Crippen LogP contribution is 2.62. The Kier molecular flexibility index (Phi) is 9.68. The molecule has 6 heteroatoms. The first-order chi connectivity index (χ1) is 33.0. The Morgan fingerprint density at radius 3 is 1.66 bits per heavy atom. The van der Waals surface area contributed by atoms with Gasteiger partial charge in [-0.3, -0.25) is 0 Å². The summed E-state index contributed by atoms with van der Waals surface area (Å²) in [5.41, 5.74) is 19.7. The Hall–Kier alpha value is -5.72. The molecule has 8 aromatic rings. The molecule has 2 aromatic heterocycles. The minimum atomic E-state index is -0.152. The quantitative estimate of drug-likeness (QED) is 0.165.